The van der Waals surface area contributed by atoms with Crippen molar-refractivity contribution < 1.29 is 9.53 Å². The summed E-state index contributed by atoms with van der Waals surface area (Å²) in [6, 6.07) is 0.278. The highest BCUT2D eigenvalue weighted by atomic mass is 16.5. The van der Waals surface area contributed by atoms with Crippen LogP contribution in [0.1, 0.15) is 47.0 Å². The minimum atomic E-state index is -0.520. The molecule has 112 valence electrons. The van der Waals surface area contributed by atoms with E-state index < -0.39 is 5.54 Å². The molecule has 1 saturated carbocycles. The zero-order chi connectivity index (χ0) is 14.5. The quantitative estimate of drug-likeness (QED) is 0.651. The van der Waals surface area contributed by atoms with E-state index in [1.165, 1.54) is 0 Å². The average molecular weight is 270 g/mol. The van der Waals surface area contributed by atoms with Gasteiger partial charge in [0.05, 0.1) is 6.61 Å². The summed E-state index contributed by atoms with van der Waals surface area (Å²) in [5, 5.41) is 3.51. The lowest BCUT2D eigenvalue weighted by atomic mass is 9.91. The van der Waals surface area contributed by atoms with Crippen LogP contribution in [0.4, 0.5) is 0 Å². The third-order valence-electron chi connectivity index (χ3n) is 3.58. The highest BCUT2D eigenvalue weighted by Crippen LogP contribution is 2.41. The van der Waals surface area contributed by atoms with Gasteiger partial charge in [0.15, 0.2) is 0 Å². The molecule has 1 atom stereocenters. The lowest BCUT2D eigenvalue weighted by Crippen LogP contribution is -2.62. The van der Waals surface area contributed by atoms with Crippen LogP contribution in [0.25, 0.3) is 0 Å². The zero-order valence-corrected chi connectivity index (χ0v) is 13.2. The van der Waals surface area contributed by atoms with Gasteiger partial charge in [-0.25, -0.2) is 4.79 Å². The van der Waals surface area contributed by atoms with Crippen molar-refractivity contribution in [1.29, 1.82) is 0 Å². The summed E-state index contributed by atoms with van der Waals surface area (Å²) in [4.78, 5) is 14.8. The number of ether oxygens (including phenoxy) is 1. The van der Waals surface area contributed by atoms with E-state index in [9.17, 15) is 4.79 Å². The number of esters is 1. The maximum atomic E-state index is 12.5. The molecule has 19 heavy (non-hydrogen) atoms. The van der Waals surface area contributed by atoms with Gasteiger partial charge in [-0.3, -0.25) is 5.32 Å². The van der Waals surface area contributed by atoms with Gasteiger partial charge < -0.3 is 9.64 Å². The predicted molar refractivity (Wildman–Crippen MR) is 78.1 cm³/mol. The van der Waals surface area contributed by atoms with Crippen molar-refractivity contribution >= 4 is 5.97 Å². The van der Waals surface area contributed by atoms with Gasteiger partial charge in [0.25, 0.3) is 0 Å². The van der Waals surface area contributed by atoms with Crippen molar-refractivity contribution in [3.63, 3.8) is 0 Å². The standard InChI is InChI=1S/C15H30N2O2/c1-6-10-17(5)11-15(13-8-9-13,16-12(3)4)14(18)19-7-2/h12-13,16H,6-11H2,1-5H3. The first-order valence-electron chi connectivity index (χ1n) is 7.59. The van der Waals surface area contributed by atoms with Crippen LogP contribution >= 0.6 is 0 Å². The van der Waals surface area contributed by atoms with Gasteiger partial charge in [-0.15, -0.1) is 0 Å². The monoisotopic (exact) mass is 270 g/mol. The number of hydrogen-bond acceptors (Lipinski definition) is 4. The lowest BCUT2D eigenvalue weighted by molar-refractivity contribution is -0.153. The fourth-order valence-electron chi connectivity index (χ4n) is 2.82. The molecule has 4 heteroatoms. The molecule has 1 unspecified atom stereocenters. The van der Waals surface area contributed by atoms with Crippen LogP contribution in [-0.2, 0) is 9.53 Å². The Morgan fingerprint density at radius 2 is 2.05 bits per heavy atom. The van der Waals surface area contributed by atoms with Crippen LogP contribution in [0.3, 0.4) is 0 Å². The number of nitrogens with zero attached hydrogens (tertiary/aromatic N) is 1. The first kappa shape index (κ1) is 16.4. The van der Waals surface area contributed by atoms with Gasteiger partial charge in [0, 0.05) is 12.6 Å². The van der Waals surface area contributed by atoms with Gasteiger partial charge in [0.1, 0.15) is 5.54 Å². The Bertz CT molecular complexity index is 290. The summed E-state index contributed by atoms with van der Waals surface area (Å²) < 4.78 is 5.36. The van der Waals surface area contributed by atoms with Gasteiger partial charge in [-0.2, -0.15) is 0 Å². The van der Waals surface area contributed by atoms with Gasteiger partial charge in [0.2, 0.25) is 0 Å². The topological polar surface area (TPSA) is 41.6 Å². The van der Waals surface area contributed by atoms with Crippen molar-refractivity contribution in [3.8, 4) is 0 Å². The van der Waals surface area contributed by atoms with E-state index in [0.717, 1.165) is 32.4 Å². The van der Waals surface area contributed by atoms with Crippen molar-refractivity contribution in [2.45, 2.75) is 58.5 Å². The Morgan fingerprint density at radius 1 is 1.42 bits per heavy atom. The molecule has 0 heterocycles. The third kappa shape index (κ3) is 4.46. The number of likely N-dealkylation sites (N-methyl/N-ethyl adjacent to an activating group) is 1. The molecule has 0 aromatic rings. The normalized spacial score (nSPS) is 18.7. The number of carbonyl (C=O) groups is 1. The molecule has 0 amide bonds. The average Bonchev–Trinajstić information content (AvgIpc) is 3.11. The fraction of sp³-hybridized carbons (Fsp3) is 0.933. The predicted octanol–water partition coefficient (Wildman–Crippen LogP) is 2.04. The fourth-order valence-corrected chi connectivity index (χ4v) is 2.82. The Balaban J connectivity index is 2.87. The highest BCUT2D eigenvalue weighted by Gasteiger charge is 2.52. The molecule has 1 rings (SSSR count). The Morgan fingerprint density at radius 3 is 2.47 bits per heavy atom. The SMILES string of the molecule is CCCN(C)CC(NC(C)C)(C(=O)OCC)C1CC1. The molecule has 1 fully saturated rings. The minimum absolute atomic E-state index is 0.0749. The van der Waals surface area contributed by atoms with Crippen LogP contribution in [0.5, 0.6) is 0 Å². The van der Waals surface area contributed by atoms with E-state index in [1.807, 2.05) is 6.92 Å². The van der Waals surface area contributed by atoms with E-state index in [2.05, 4.69) is 38.0 Å². The summed E-state index contributed by atoms with van der Waals surface area (Å²) in [5.41, 5.74) is -0.520. The molecule has 1 aliphatic carbocycles. The minimum Gasteiger partial charge on any atom is -0.465 e. The molecule has 1 aliphatic rings. The molecule has 0 aromatic carbocycles. The van der Waals surface area contributed by atoms with E-state index in [4.69, 9.17) is 4.74 Å². The maximum absolute atomic E-state index is 12.5. The molecule has 1 N–H and O–H groups in total. The van der Waals surface area contributed by atoms with Gasteiger partial charge >= 0.3 is 5.97 Å². The number of rotatable bonds is 9. The smallest absolute Gasteiger partial charge is 0.327 e. The zero-order valence-electron chi connectivity index (χ0n) is 13.2. The third-order valence-corrected chi connectivity index (χ3v) is 3.58. The van der Waals surface area contributed by atoms with Gasteiger partial charge in [-0.1, -0.05) is 6.92 Å². The van der Waals surface area contributed by atoms with E-state index in [-0.39, 0.29) is 12.0 Å². The molecule has 0 saturated heterocycles. The van der Waals surface area contributed by atoms with Crippen molar-refractivity contribution in [2.75, 3.05) is 26.7 Å². The first-order chi connectivity index (χ1) is 8.96. The van der Waals surface area contributed by atoms with E-state index in [1.54, 1.807) is 0 Å². The molecule has 4 nitrogen and oxygen atoms in total. The van der Waals surface area contributed by atoms with Crippen LogP contribution in [0.15, 0.2) is 0 Å². The van der Waals surface area contributed by atoms with Crippen molar-refractivity contribution in [2.24, 2.45) is 5.92 Å². The highest BCUT2D eigenvalue weighted by molar-refractivity contribution is 5.82. The number of hydrogen-bond donors (Lipinski definition) is 1. The summed E-state index contributed by atoms with van der Waals surface area (Å²) in [6.45, 7) is 10.4. The second-order valence-electron chi connectivity index (χ2n) is 6.00. The number of carbonyl (C=O) groups excluding carboxylic acids is 1. The molecule has 0 aromatic heterocycles. The summed E-state index contributed by atoms with van der Waals surface area (Å²) in [5.74, 6) is 0.349. The molecule has 0 aliphatic heterocycles. The first-order valence-corrected chi connectivity index (χ1v) is 7.59. The van der Waals surface area contributed by atoms with Crippen LogP contribution in [-0.4, -0.2) is 49.2 Å². The molecule has 0 spiro atoms. The lowest BCUT2D eigenvalue weighted by Gasteiger charge is -2.37. The Labute approximate surface area is 117 Å². The van der Waals surface area contributed by atoms with Crippen molar-refractivity contribution in [3.05, 3.63) is 0 Å². The molecule has 0 bridgehead atoms. The summed E-state index contributed by atoms with van der Waals surface area (Å²) in [7, 11) is 2.09. The van der Waals surface area contributed by atoms with Crippen molar-refractivity contribution in [1.82, 2.24) is 10.2 Å². The summed E-state index contributed by atoms with van der Waals surface area (Å²) >= 11 is 0. The summed E-state index contributed by atoms with van der Waals surface area (Å²) in [6.07, 6.45) is 3.35. The largest absolute Gasteiger partial charge is 0.465 e. The molecular formula is C15H30N2O2. The molecule has 0 radical (unpaired) electrons. The maximum Gasteiger partial charge on any atom is 0.327 e. The Kier molecular flexibility index (Phi) is 6.27. The van der Waals surface area contributed by atoms with Crippen LogP contribution in [0, 0.1) is 5.92 Å². The second kappa shape index (κ2) is 7.25. The van der Waals surface area contributed by atoms with E-state index >= 15 is 0 Å². The molecular weight excluding hydrogens is 240 g/mol. The Hall–Kier alpha value is -0.610. The van der Waals surface area contributed by atoms with E-state index in [0.29, 0.717) is 12.5 Å². The number of nitrogens with one attached hydrogen (secondary N) is 1. The second-order valence-corrected chi connectivity index (χ2v) is 6.00. The van der Waals surface area contributed by atoms with Crippen LogP contribution < -0.4 is 5.32 Å². The van der Waals surface area contributed by atoms with Crippen LogP contribution in [0.2, 0.25) is 0 Å². The van der Waals surface area contributed by atoms with Gasteiger partial charge in [-0.05, 0) is 59.5 Å².